The second-order valence-electron chi connectivity index (χ2n) is 5.57. The van der Waals surface area contributed by atoms with Gasteiger partial charge in [0.1, 0.15) is 6.04 Å². The largest absolute Gasteiger partial charge is 0.467 e. The number of para-hydroxylation sites is 1. The maximum atomic E-state index is 13.1. The van der Waals surface area contributed by atoms with E-state index in [1.54, 1.807) is 6.20 Å². The Morgan fingerprint density at radius 3 is 2.96 bits per heavy atom. The van der Waals surface area contributed by atoms with E-state index in [2.05, 4.69) is 4.98 Å². The van der Waals surface area contributed by atoms with E-state index in [4.69, 9.17) is 4.74 Å². The third-order valence-corrected chi connectivity index (χ3v) is 5.07. The molecule has 4 rings (SSSR count). The molecule has 3 aromatic rings. The van der Waals surface area contributed by atoms with Crippen LogP contribution in [0.3, 0.4) is 0 Å². The SMILES string of the molecule is COC(=O)[C@H]1Cc2ccccc2N1C(=O)c1cnc2ccsc2c1. The summed E-state index contributed by atoms with van der Waals surface area (Å²) in [4.78, 5) is 31.1. The number of anilines is 1. The standard InChI is InChI=1S/C18H14N2O3S/c1-23-18(22)15-8-11-4-2-3-5-14(11)20(15)17(21)12-9-16-13(19-10-12)6-7-24-16/h2-7,9-10,15H,8H2,1H3/t15-/m1/s1. The summed E-state index contributed by atoms with van der Waals surface area (Å²) in [6.45, 7) is 0. The number of methoxy groups -OCH3 is 1. The van der Waals surface area contributed by atoms with Crippen LogP contribution in [0.25, 0.3) is 10.2 Å². The van der Waals surface area contributed by atoms with Crippen LogP contribution in [0.2, 0.25) is 0 Å². The summed E-state index contributed by atoms with van der Waals surface area (Å²) in [7, 11) is 1.34. The summed E-state index contributed by atoms with van der Waals surface area (Å²) in [5.74, 6) is -0.650. The lowest BCUT2D eigenvalue weighted by Gasteiger charge is -2.23. The highest BCUT2D eigenvalue weighted by Crippen LogP contribution is 2.34. The molecule has 1 atom stereocenters. The van der Waals surface area contributed by atoms with Crippen molar-refractivity contribution >= 4 is 39.1 Å². The van der Waals surface area contributed by atoms with Crippen molar-refractivity contribution in [3.8, 4) is 0 Å². The number of hydrogen-bond donors (Lipinski definition) is 0. The zero-order chi connectivity index (χ0) is 16.7. The summed E-state index contributed by atoms with van der Waals surface area (Å²) in [6.07, 6.45) is 2.02. The number of hydrogen-bond acceptors (Lipinski definition) is 5. The van der Waals surface area contributed by atoms with Crippen LogP contribution in [0.15, 0.2) is 48.0 Å². The van der Waals surface area contributed by atoms with Crippen molar-refractivity contribution in [1.82, 2.24) is 4.98 Å². The minimum atomic E-state index is -0.640. The van der Waals surface area contributed by atoms with E-state index in [1.165, 1.54) is 23.3 Å². The van der Waals surface area contributed by atoms with E-state index in [-0.39, 0.29) is 5.91 Å². The van der Waals surface area contributed by atoms with Crippen molar-refractivity contribution in [3.63, 3.8) is 0 Å². The van der Waals surface area contributed by atoms with Crippen molar-refractivity contribution in [3.05, 3.63) is 59.1 Å². The number of rotatable bonds is 2. The maximum Gasteiger partial charge on any atom is 0.329 e. The Kier molecular flexibility index (Phi) is 3.54. The van der Waals surface area contributed by atoms with Crippen molar-refractivity contribution in [2.75, 3.05) is 12.0 Å². The van der Waals surface area contributed by atoms with E-state index >= 15 is 0 Å². The minimum absolute atomic E-state index is 0.238. The molecule has 1 aliphatic rings. The molecule has 1 amide bonds. The Morgan fingerprint density at radius 1 is 1.29 bits per heavy atom. The molecule has 0 bridgehead atoms. The first kappa shape index (κ1) is 14.8. The van der Waals surface area contributed by atoms with E-state index in [9.17, 15) is 9.59 Å². The molecule has 5 nitrogen and oxygen atoms in total. The topological polar surface area (TPSA) is 59.5 Å². The van der Waals surface area contributed by atoms with Gasteiger partial charge in [0.15, 0.2) is 0 Å². The first-order chi connectivity index (χ1) is 11.7. The molecular weight excluding hydrogens is 324 g/mol. The van der Waals surface area contributed by atoms with Gasteiger partial charge in [-0.3, -0.25) is 14.7 Å². The third-order valence-electron chi connectivity index (χ3n) is 4.22. The number of ether oxygens (including phenoxy) is 1. The van der Waals surface area contributed by atoms with Gasteiger partial charge >= 0.3 is 5.97 Å². The molecule has 0 N–H and O–H groups in total. The minimum Gasteiger partial charge on any atom is -0.467 e. The molecule has 0 fully saturated rings. The maximum absolute atomic E-state index is 13.1. The number of esters is 1. The zero-order valence-electron chi connectivity index (χ0n) is 12.9. The molecule has 6 heteroatoms. The van der Waals surface area contributed by atoms with Crippen LogP contribution in [0.5, 0.6) is 0 Å². The van der Waals surface area contributed by atoms with Gasteiger partial charge in [-0.05, 0) is 29.1 Å². The first-order valence-corrected chi connectivity index (χ1v) is 8.39. The number of benzene rings is 1. The normalized spacial score (nSPS) is 16.2. The Labute approximate surface area is 142 Å². The second-order valence-corrected chi connectivity index (χ2v) is 6.52. The van der Waals surface area contributed by atoms with Crippen LogP contribution in [0, 0.1) is 0 Å². The average molecular weight is 338 g/mol. The Morgan fingerprint density at radius 2 is 2.12 bits per heavy atom. The number of carbonyl (C=O) groups excluding carboxylic acids is 2. The van der Waals surface area contributed by atoms with E-state index < -0.39 is 12.0 Å². The second kappa shape index (κ2) is 5.72. The fourth-order valence-electron chi connectivity index (χ4n) is 3.06. The molecule has 120 valence electrons. The van der Waals surface area contributed by atoms with Gasteiger partial charge < -0.3 is 4.74 Å². The van der Waals surface area contributed by atoms with Gasteiger partial charge in [-0.25, -0.2) is 4.79 Å². The molecule has 24 heavy (non-hydrogen) atoms. The summed E-state index contributed by atoms with van der Waals surface area (Å²) in [5, 5.41) is 1.94. The predicted molar refractivity (Wildman–Crippen MR) is 92.4 cm³/mol. The lowest BCUT2D eigenvalue weighted by Crippen LogP contribution is -2.43. The van der Waals surface area contributed by atoms with Gasteiger partial charge in [0, 0.05) is 18.3 Å². The highest BCUT2D eigenvalue weighted by atomic mass is 32.1. The monoisotopic (exact) mass is 338 g/mol. The van der Waals surface area contributed by atoms with Crippen LogP contribution in [0.4, 0.5) is 5.69 Å². The molecule has 0 saturated carbocycles. The summed E-state index contributed by atoms with van der Waals surface area (Å²) in [5.41, 5.74) is 3.05. The number of thiophene rings is 1. The highest BCUT2D eigenvalue weighted by molar-refractivity contribution is 7.17. The first-order valence-electron chi connectivity index (χ1n) is 7.51. The molecular formula is C18H14N2O3S. The summed E-state index contributed by atoms with van der Waals surface area (Å²) in [6, 6.07) is 10.6. The molecule has 0 unspecified atom stereocenters. The lowest BCUT2D eigenvalue weighted by atomic mass is 10.1. The van der Waals surface area contributed by atoms with E-state index in [1.807, 2.05) is 41.8 Å². The average Bonchev–Trinajstić information content (AvgIpc) is 3.23. The summed E-state index contributed by atoms with van der Waals surface area (Å²) < 4.78 is 5.84. The van der Waals surface area contributed by atoms with Crippen molar-refractivity contribution in [2.45, 2.75) is 12.5 Å². The van der Waals surface area contributed by atoms with E-state index in [0.717, 1.165) is 21.5 Å². The van der Waals surface area contributed by atoms with Gasteiger partial charge in [0.2, 0.25) is 0 Å². The van der Waals surface area contributed by atoms with Gasteiger partial charge in [0.05, 0.1) is 22.9 Å². The van der Waals surface area contributed by atoms with Gasteiger partial charge in [-0.1, -0.05) is 18.2 Å². The van der Waals surface area contributed by atoms with Crippen LogP contribution >= 0.6 is 11.3 Å². The molecule has 3 heterocycles. The number of carbonyl (C=O) groups is 2. The predicted octanol–water partition coefficient (Wildman–Crippen LogP) is 3.04. The molecule has 0 saturated heterocycles. The molecule has 1 aromatic carbocycles. The lowest BCUT2D eigenvalue weighted by molar-refractivity contribution is -0.141. The zero-order valence-corrected chi connectivity index (χ0v) is 13.7. The van der Waals surface area contributed by atoms with Crippen LogP contribution in [-0.4, -0.2) is 30.0 Å². The molecule has 0 aliphatic carbocycles. The third kappa shape index (κ3) is 2.27. The molecule has 1 aliphatic heterocycles. The molecule has 0 radical (unpaired) electrons. The number of pyridine rings is 1. The smallest absolute Gasteiger partial charge is 0.329 e. The van der Waals surface area contributed by atoms with Gasteiger partial charge in [-0.15, -0.1) is 11.3 Å². The number of fused-ring (bicyclic) bond motifs is 2. The molecule has 0 spiro atoms. The fourth-order valence-corrected chi connectivity index (χ4v) is 3.84. The highest BCUT2D eigenvalue weighted by Gasteiger charge is 2.39. The van der Waals surface area contributed by atoms with Crippen molar-refractivity contribution < 1.29 is 14.3 Å². The molecule has 2 aromatic heterocycles. The summed E-state index contributed by atoms with van der Waals surface area (Å²) >= 11 is 1.53. The fraction of sp³-hybridized carbons (Fsp3) is 0.167. The van der Waals surface area contributed by atoms with Crippen LogP contribution < -0.4 is 4.90 Å². The number of amides is 1. The Bertz CT molecular complexity index is 950. The number of aromatic nitrogens is 1. The Hall–Kier alpha value is -2.73. The van der Waals surface area contributed by atoms with E-state index in [0.29, 0.717) is 12.0 Å². The van der Waals surface area contributed by atoms with Crippen molar-refractivity contribution in [1.29, 1.82) is 0 Å². The van der Waals surface area contributed by atoms with Gasteiger partial charge in [-0.2, -0.15) is 0 Å². The number of nitrogens with zero attached hydrogens (tertiary/aromatic N) is 2. The van der Waals surface area contributed by atoms with Crippen molar-refractivity contribution in [2.24, 2.45) is 0 Å². The van der Waals surface area contributed by atoms with Gasteiger partial charge in [0.25, 0.3) is 5.91 Å². The Balaban J connectivity index is 1.78. The quantitative estimate of drug-likeness (QED) is 0.674. The van der Waals surface area contributed by atoms with Crippen LogP contribution in [0.1, 0.15) is 15.9 Å². The van der Waals surface area contributed by atoms with Crippen LogP contribution in [-0.2, 0) is 16.0 Å².